The maximum absolute atomic E-state index is 12.2. The number of ether oxygens (including phenoxy) is 3. The van der Waals surface area contributed by atoms with Crippen LogP contribution in [0.4, 0.5) is 5.69 Å². The van der Waals surface area contributed by atoms with Crippen LogP contribution in [0.15, 0.2) is 41.5 Å². The number of nitro benzene ring substituents is 1. The van der Waals surface area contributed by atoms with Gasteiger partial charge in [0.2, 0.25) is 6.10 Å². The van der Waals surface area contributed by atoms with Gasteiger partial charge >= 0.3 is 0 Å². The van der Waals surface area contributed by atoms with Crippen LogP contribution < -0.4 is 19.6 Å². The number of methoxy groups -OCH3 is 1. The van der Waals surface area contributed by atoms with Gasteiger partial charge in [0.1, 0.15) is 6.61 Å². The maximum atomic E-state index is 12.2. The first kappa shape index (κ1) is 18.0. The first-order chi connectivity index (χ1) is 13.0. The summed E-state index contributed by atoms with van der Waals surface area (Å²) in [7, 11) is 1.26. The summed E-state index contributed by atoms with van der Waals surface area (Å²) in [6.45, 7) is 0.00818. The molecule has 3 rings (SSSR count). The number of nitrogens with zero attached hydrogens (tertiary/aromatic N) is 2. The third kappa shape index (κ3) is 3.89. The molecule has 1 atom stereocenters. The Bertz CT molecular complexity index is 913. The van der Waals surface area contributed by atoms with E-state index in [2.05, 4.69) is 10.5 Å². The summed E-state index contributed by atoms with van der Waals surface area (Å²) >= 11 is 0. The van der Waals surface area contributed by atoms with Crippen LogP contribution in [0, 0.1) is 10.1 Å². The van der Waals surface area contributed by atoms with Gasteiger partial charge in [-0.25, -0.2) is 5.43 Å². The molecule has 0 spiro atoms. The Labute approximate surface area is 153 Å². The Balaban J connectivity index is 1.70. The van der Waals surface area contributed by atoms with Gasteiger partial charge < -0.3 is 19.3 Å². The predicted molar refractivity (Wildman–Crippen MR) is 93.4 cm³/mol. The number of carbonyl (C=O) groups excluding carboxylic acids is 1. The van der Waals surface area contributed by atoms with E-state index in [9.17, 15) is 20.0 Å². The number of nitro groups is 1. The number of para-hydroxylation sites is 2. The first-order valence-electron chi connectivity index (χ1n) is 7.76. The molecule has 0 fully saturated rings. The van der Waals surface area contributed by atoms with E-state index in [0.717, 1.165) is 18.3 Å². The molecule has 10 nitrogen and oxygen atoms in total. The molecule has 1 unspecified atom stereocenters. The lowest BCUT2D eigenvalue weighted by molar-refractivity contribution is -0.385. The first-order valence-corrected chi connectivity index (χ1v) is 7.76. The van der Waals surface area contributed by atoms with Gasteiger partial charge in [0.25, 0.3) is 11.6 Å². The molecule has 2 N–H and O–H groups in total. The summed E-state index contributed by atoms with van der Waals surface area (Å²) in [5, 5.41) is 24.7. The second-order valence-electron chi connectivity index (χ2n) is 5.44. The average Bonchev–Trinajstić information content (AvgIpc) is 2.68. The highest BCUT2D eigenvalue weighted by atomic mass is 16.6. The van der Waals surface area contributed by atoms with Crippen molar-refractivity contribution in [1.29, 1.82) is 0 Å². The highest BCUT2D eigenvalue weighted by Crippen LogP contribution is 2.33. The van der Waals surface area contributed by atoms with Crippen LogP contribution in [0.2, 0.25) is 0 Å². The Kier molecular flexibility index (Phi) is 5.06. The minimum Gasteiger partial charge on any atom is -0.504 e. The lowest BCUT2D eigenvalue weighted by atomic mass is 10.2. The molecule has 10 heteroatoms. The number of benzene rings is 2. The highest BCUT2D eigenvalue weighted by molar-refractivity contribution is 5.88. The number of rotatable bonds is 5. The second-order valence-corrected chi connectivity index (χ2v) is 5.44. The van der Waals surface area contributed by atoms with Crippen molar-refractivity contribution < 1.29 is 29.0 Å². The number of hydrazone groups is 1. The molecule has 1 amide bonds. The van der Waals surface area contributed by atoms with E-state index in [0.29, 0.717) is 11.5 Å². The van der Waals surface area contributed by atoms with Gasteiger partial charge in [0, 0.05) is 11.6 Å². The highest BCUT2D eigenvalue weighted by Gasteiger charge is 2.27. The van der Waals surface area contributed by atoms with Crippen LogP contribution in [-0.4, -0.2) is 42.0 Å². The van der Waals surface area contributed by atoms with Crippen molar-refractivity contribution in [3.8, 4) is 23.0 Å². The molecular weight excluding hydrogens is 358 g/mol. The molecule has 2 aromatic rings. The molecule has 2 aromatic carbocycles. The minimum absolute atomic E-state index is 0.00695. The molecule has 1 aliphatic rings. The minimum atomic E-state index is -0.912. The van der Waals surface area contributed by atoms with Crippen LogP contribution in [-0.2, 0) is 4.79 Å². The number of phenolic OH excluding ortho intramolecular Hbond substituents is 1. The van der Waals surface area contributed by atoms with E-state index in [-0.39, 0.29) is 29.4 Å². The second kappa shape index (κ2) is 7.60. The van der Waals surface area contributed by atoms with Gasteiger partial charge in [-0.15, -0.1) is 0 Å². The molecule has 1 aliphatic heterocycles. The van der Waals surface area contributed by atoms with E-state index >= 15 is 0 Å². The molecule has 140 valence electrons. The lowest BCUT2D eigenvalue weighted by Gasteiger charge is -2.24. The van der Waals surface area contributed by atoms with Crippen molar-refractivity contribution in [3.63, 3.8) is 0 Å². The maximum Gasteiger partial charge on any atom is 0.284 e. The number of nitrogens with one attached hydrogen (secondary N) is 1. The monoisotopic (exact) mass is 373 g/mol. The normalized spacial score (nSPS) is 15.4. The molecule has 0 radical (unpaired) electrons. The summed E-state index contributed by atoms with van der Waals surface area (Å²) < 4.78 is 15.9. The van der Waals surface area contributed by atoms with Crippen LogP contribution in [0.5, 0.6) is 23.0 Å². The zero-order chi connectivity index (χ0) is 19.4. The molecule has 0 aromatic heterocycles. The molecule has 0 saturated carbocycles. The number of fused-ring (bicyclic) bond motifs is 1. The van der Waals surface area contributed by atoms with E-state index in [1.165, 1.54) is 7.11 Å². The number of carbonyl (C=O) groups is 1. The summed E-state index contributed by atoms with van der Waals surface area (Å²) in [6.07, 6.45) is 0.158. The van der Waals surface area contributed by atoms with Gasteiger partial charge in [-0.05, 0) is 12.1 Å². The Morgan fingerprint density at radius 2 is 2.15 bits per heavy atom. The van der Waals surface area contributed by atoms with Gasteiger partial charge in [-0.2, -0.15) is 5.10 Å². The molecule has 0 bridgehead atoms. The number of aromatic hydroxyl groups is 1. The largest absolute Gasteiger partial charge is 0.504 e. The third-order valence-corrected chi connectivity index (χ3v) is 3.70. The number of phenols is 1. The fraction of sp³-hybridized carbons (Fsp3) is 0.176. The van der Waals surface area contributed by atoms with Crippen molar-refractivity contribution in [1.82, 2.24) is 5.43 Å². The Morgan fingerprint density at radius 1 is 1.41 bits per heavy atom. The van der Waals surface area contributed by atoms with Crippen molar-refractivity contribution in [2.24, 2.45) is 5.10 Å². The molecule has 0 saturated heterocycles. The number of hydrogen-bond donors (Lipinski definition) is 2. The third-order valence-electron chi connectivity index (χ3n) is 3.70. The van der Waals surface area contributed by atoms with Crippen LogP contribution in [0.3, 0.4) is 0 Å². The van der Waals surface area contributed by atoms with Crippen molar-refractivity contribution >= 4 is 17.8 Å². The molecule has 27 heavy (non-hydrogen) atoms. The van der Waals surface area contributed by atoms with Crippen LogP contribution in [0.25, 0.3) is 0 Å². The Morgan fingerprint density at radius 3 is 2.85 bits per heavy atom. The standard InChI is InChI=1S/C17H15N3O7/c1-25-14-7-11(20(23)24)6-10(16(14)21)8-18-19-17(22)15-9-26-12-4-2-3-5-13(12)27-15/h2-8,15,21H,9H2,1H3,(H,19,22)/b18-8+. The summed E-state index contributed by atoms with van der Waals surface area (Å²) in [4.78, 5) is 22.5. The zero-order valence-corrected chi connectivity index (χ0v) is 14.1. The van der Waals surface area contributed by atoms with E-state index < -0.39 is 16.9 Å². The molecular formula is C17H15N3O7. The van der Waals surface area contributed by atoms with Gasteiger partial charge in [-0.3, -0.25) is 14.9 Å². The predicted octanol–water partition coefficient (Wildman–Crippen LogP) is 1.60. The summed E-state index contributed by atoms with van der Waals surface area (Å²) in [6, 6.07) is 9.11. The van der Waals surface area contributed by atoms with Crippen molar-refractivity contribution in [3.05, 3.63) is 52.1 Å². The average molecular weight is 373 g/mol. The van der Waals surface area contributed by atoms with Crippen molar-refractivity contribution in [2.45, 2.75) is 6.10 Å². The number of amides is 1. The van der Waals surface area contributed by atoms with Crippen LogP contribution >= 0.6 is 0 Å². The molecule has 1 heterocycles. The SMILES string of the molecule is COc1cc([N+](=O)[O-])cc(/C=N/NC(=O)C2COc3ccccc3O2)c1O. The zero-order valence-electron chi connectivity index (χ0n) is 14.1. The quantitative estimate of drug-likeness (QED) is 0.462. The lowest BCUT2D eigenvalue weighted by Crippen LogP contribution is -2.42. The van der Waals surface area contributed by atoms with Crippen molar-refractivity contribution in [2.75, 3.05) is 13.7 Å². The fourth-order valence-corrected chi connectivity index (χ4v) is 2.36. The summed E-state index contributed by atoms with van der Waals surface area (Å²) in [5.41, 5.74) is 1.96. The summed E-state index contributed by atoms with van der Waals surface area (Å²) in [5.74, 6) is -0.0184. The van der Waals surface area contributed by atoms with Crippen LogP contribution in [0.1, 0.15) is 5.56 Å². The van der Waals surface area contributed by atoms with E-state index in [1.807, 2.05) is 0 Å². The molecule has 0 aliphatic carbocycles. The van der Waals surface area contributed by atoms with E-state index in [4.69, 9.17) is 14.2 Å². The van der Waals surface area contributed by atoms with Gasteiger partial charge in [-0.1, -0.05) is 12.1 Å². The topological polar surface area (TPSA) is 133 Å². The van der Waals surface area contributed by atoms with Gasteiger partial charge in [0.15, 0.2) is 23.0 Å². The number of hydrogen-bond acceptors (Lipinski definition) is 8. The smallest absolute Gasteiger partial charge is 0.284 e. The Hall–Kier alpha value is -3.82. The fourth-order valence-electron chi connectivity index (χ4n) is 2.36. The van der Waals surface area contributed by atoms with E-state index in [1.54, 1.807) is 24.3 Å². The van der Waals surface area contributed by atoms with Gasteiger partial charge in [0.05, 0.1) is 24.3 Å². The number of non-ortho nitro benzene ring substituents is 1.